The highest BCUT2D eigenvalue weighted by molar-refractivity contribution is 5.89. The first-order chi connectivity index (χ1) is 26.5. The fourth-order valence-corrected chi connectivity index (χ4v) is 7.24. The number of hydrogen-bond donors (Lipinski definition) is 0. The standard InChI is InChI=1S/C52H52N2/c1-5-7-12-41-20-30-47(31-21-41)53(45-26-16-39(3)17-27-45)49-34-24-44(25-35-49)51-37-36-50(38-52(51)43-14-10-9-11-15-43)54(46-28-18-40(4)19-29-46)48-32-22-42(23-33-48)13-8-6-2/h9-11,14-38H,5-8,12-13H2,1-4H3. The normalized spacial score (nSPS) is 11.0. The zero-order valence-corrected chi connectivity index (χ0v) is 32.3. The fourth-order valence-electron chi connectivity index (χ4n) is 7.24. The first-order valence-electron chi connectivity index (χ1n) is 19.7. The SMILES string of the molecule is CCCCc1ccc(N(c2ccc(C)cc2)c2ccc(-c3ccc(N(c4ccc(C)cc4)c4ccc(CCCC)cc4)cc3-c3ccccc3)cc2)cc1. The molecule has 0 saturated heterocycles. The summed E-state index contributed by atoms with van der Waals surface area (Å²) in [5.74, 6) is 0. The minimum Gasteiger partial charge on any atom is -0.311 e. The topological polar surface area (TPSA) is 6.48 Å². The van der Waals surface area contributed by atoms with Crippen LogP contribution in [-0.4, -0.2) is 0 Å². The van der Waals surface area contributed by atoms with Crippen molar-refractivity contribution >= 4 is 34.1 Å². The molecule has 270 valence electrons. The maximum absolute atomic E-state index is 2.38. The van der Waals surface area contributed by atoms with Crippen molar-refractivity contribution in [3.63, 3.8) is 0 Å². The van der Waals surface area contributed by atoms with Gasteiger partial charge in [-0.25, -0.2) is 0 Å². The van der Waals surface area contributed by atoms with Crippen molar-refractivity contribution in [1.29, 1.82) is 0 Å². The maximum atomic E-state index is 2.38. The Kier molecular flexibility index (Phi) is 11.7. The van der Waals surface area contributed by atoms with Crippen molar-refractivity contribution in [2.24, 2.45) is 0 Å². The van der Waals surface area contributed by atoms with Gasteiger partial charge in [0.15, 0.2) is 0 Å². The number of anilines is 6. The summed E-state index contributed by atoms with van der Waals surface area (Å²) in [6, 6.07) is 62.8. The molecule has 7 aromatic carbocycles. The van der Waals surface area contributed by atoms with E-state index in [4.69, 9.17) is 0 Å². The lowest BCUT2D eigenvalue weighted by Crippen LogP contribution is -2.10. The average Bonchev–Trinajstić information content (AvgIpc) is 3.22. The van der Waals surface area contributed by atoms with Crippen LogP contribution in [0.2, 0.25) is 0 Å². The molecule has 0 aliphatic carbocycles. The molecule has 0 saturated carbocycles. The van der Waals surface area contributed by atoms with Crippen molar-refractivity contribution in [2.45, 2.75) is 66.2 Å². The second-order valence-electron chi connectivity index (χ2n) is 14.5. The predicted octanol–water partition coefficient (Wildman–Crippen LogP) is 15.3. The Hall–Kier alpha value is -5.86. The van der Waals surface area contributed by atoms with Gasteiger partial charge >= 0.3 is 0 Å². The van der Waals surface area contributed by atoms with Crippen molar-refractivity contribution in [3.8, 4) is 22.3 Å². The third-order valence-electron chi connectivity index (χ3n) is 10.4. The molecule has 0 aromatic heterocycles. The molecule has 0 N–H and O–H groups in total. The second kappa shape index (κ2) is 17.3. The third-order valence-corrected chi connectivity index (χ3v) is 10.4. The molecule has 0 aliphatic rings. The van der Waals surface area contributed by atoms with Gasteiger partial charge in [-0.1, -0.05) is 135 Å². The molecular weight excluding hydrogens is 653 g/mol. The van der Waals surface area contributed by atoms with Crippen molar-refractivity contribution in [1.82, 2.24) is 0 Å². The summed E-state index contributed by atoms with van der Waals surface area (Å²) < 4.78 is 0. The molecule has 0 atom stereocenters. The highest BCUT2D eigenvalue weighted by atomic mass is 15.1. The Morgan fingerprint density at radius 2 is 0.722 bits per heavy atom. The molecule has 7 rings (SSSR count). The summed E-state index contributed by atoms with van der Waals surface area (Å²) in [7, 11) is 0. The predicted molar refractivity (Wildman–Crippen MR) is 233 cm³/mol. The van der Waals surface area contributed by atoms with Crippen LogP contribution in [0.3, 0.4) is 0 Å². The van der Waals surface area contributed by atoms with E-state index in [1.807, 2.05) is 0 Å². The summed E-state index contributed by atoms with van der Waals surface area (Å²) >= 11 is 0. The Balaban J connectivity index is 1.29. The molecule has 0 spiro atoms. The Morgan fingerprint density at radius 1 is 0.352 bits per heavy atom. The first-order valence-corrected chi connectivity index (χ1v) is 19.7. The minimum absolute atomic E-state index is 1.11. The van der Waals surface area contributed by atoms with Crippen molar-refractivity contribution < 1.29 is 0 Å². The van der Waals surface area contributed by atoms with Gasteiger partial charge in [0, 0.05) is 34.1 Å². The number of benzene rings is 7. The maximum Gasteiger partial charge on any atom is 0.0468 e. The van der Waals surface area contributed by atoms with E-state index in [1.165, 1.54) is 70.2 Å². The average molecular weight is 705 g/mol. The molecule has 54 heavy (non-hydrogen) atoms. The van der Waals surface area contributed by atoms with Crippen LogP contribution in [0.1, 0.15) is 61.8 Å². The van der Waals surface area contributed by atoms with E-state index >= 15 is 0 Å². The number of nitrogens with zero attached hydrogens (tertiary/aromatic N) is 2. The number of unbranched alkanes of at least 4 members (excludes halogenated alkanes) is 2. The van der Waals surface area contributed by atoms with Crippen LogP contribution in [0.4, 0.5) is 34.1 Å². The zero-order chi connectivity index (χ0) is 37.3. The van der Waals surface area contributed by atoms with Crippen LogP contribution >= 0.6 is 0 Å². The highest BCUT2D eigenvalue weighted by Crippen LogP contribution is 2.42. The fraction of sp³-hybridized carbons (Fsp3) is 0.192. The molecule has 0 fully saturated rings. The smallest absolute Gasteiger partial charge is 0.0468 e. The van der Waals surface area contributed by atoms with Gasteiger partial charge < -0.3 is 9.80 Å². The van der Waals surface area contributed by atoms with Crippen LogP contribution in [0.5, 0.6) is 0 Å². The van der Waals surface area contributed by atoms with Gasteiger partial charge in [0.05, 0.1) is 0 Å². The zero-order valence-electron chi connectivity index (χ0n) is 32.3. The highest BCUT2D eigenvalue weighted by Gasteiger charge is 2.18. The molecule has 0 bridgehead atoms. The molecule has 2 nitrogen and oxygen atoms in total. The van der Waals surface area contributed by atoms with E-state index in [1.54, 1.807) is 0 Å². The molecule has 7 aromatic rings. The van der Waals surface area contributed by atoms with Gasteiger partial charge in [-0.15, -0.1) is 0 Å². The lowest BCUT2D eigenvalue weighted by atomic mass is 9.93. The summed E-state index contributed by atoms with van der Waals surface area (Å²) in [5, 5.41) is 0. The van der Waals surface area contributed by atoms with Gasteiger partial charge in [-0.3, -0.25) is 0 Å². The van der Waals surface area contributed by atoms with Crippen molar-refractivity contribution in [3.05, 3.63) is 192 Å². The van der Waals surface area contributed by atoms with E-state index in [0.717, 1.165) is 47.0 Å². The molecular formula is C52H52N2. The number of hydrogen-bond acceptors (Lipinski definition) is 2. The summed E-state index contributed by atoms with van der Waals surface area (Å²) in [6.07, 6.45) is 7.06. The Morgan fingerprint density at radius 3 is 1.17 bits per heavy atom. The third kappa shape index (κ3) is 8.50. The minimum atomic E-state index is 1.11. The molecule has 0 radical (unpaired) electrons. The van der Waals surface area contributed by atoms with E-state index in [2.05, 4.69) is 207 Å². The van der Waals surface area contributed by atoms with Crippen LogP contribution in [0, 0.1) is 13.8 Å². The number of aryl methyl sites for hydroxylation is 4. The quantitative estimate of drug-likeness (QED) is 0.111. The van der Waals surface area contributed by atoms with Crippen LogP contribution in [0.25, 0.3) is 22.3 Å². The largest absolute Gasteiger partial charge is 0.311 e. The lowest BCUT2D eigenvalue weighted by Gasteiger charge is -2.27. The number of rotatable bonds is 14. The van der Waals surface area contributed by atoms with Gasteiger partial charge in [-0.05, 0) is 146 Å². The van der Waals surface area contributed by atoms with E-state index < -0.39 is 0 Å². The van der Waals surface area contributed by atoms with Gasteiger partial charge in [0.1, 0.15) is 0 Å². The monoisotopic (exact) mass is 704 g/mol. The molecule has 0 heterocycles. The Bertz CT molecular complexity index is 2220. The van der Waals surface area contributed by atoms with E-state index in [9.17, 15) is 0 Å². The van der Waals surface area contributed by atoms with Crippen LogP contribution in [-0.2, 0) is 12.8 Å². The summed E-state index contributed by atoms with van der Waals surface area (Å²) in [5.41, 5.74) is 17.0. The lowest BCUT2D eigenvalue weighted by molar-refractivity contribution is 0.795. The van der Waals surface area contributed by atoms with Crippen LogP contribution in [0.15, 0.2) is 170 Å². The molecule has 2 heteroatoms. The van der Waals surface area contributed by atoms with Gasteiger partial charge in [0.2, 0.25) is 0 Å². The summed E-state index contributed by atoms with van der Waals surface area (Å²) in [6.45, 7) is 8.80. The van der Waals surface area contributed by atoms with E-state index in [-0.39, 0.29) is 0 Å². The second-order valence-corrected chi connectivity index (χ2v) is 14.5. The van der Waals surface area contributed by atoms with Gasteiger partial charge in [0.25, 0.3) is 0 Å². The van der Waals surface area contributed by atoms with Crippen LogP contribution < -0.4 is 9.80 Å². The first kappa shape index (κ1) is 36.5. The molecule has 0 unspecified atom stereocenters. The molecule has 0 amide bonds. The Labute approximate surface area is 323 Å². The van der Waals surface area contributed by atoms with Crippen molar-refractivity contribution in [2.75, 3.05) is 9.80 Å². The molecule has 0 aliphatic heterocycles. The summed E-state index contributed by atoms with van der Waals surface area (Å²) in [4.78, 5) is 4.75. The van der Waals surface area contributed by atoms with E-state index in [0.29, 0.717) is 0 Å². The van der Waals surface area contributed by atoms with Gasteiger partial charge in [-0.2, -0.15) is 0 Å².